The third kappa shape index (κ3) is 2.72. The number of methoxy groups -OCH3 is 1. The summed E-state index contributed by atoms with van der Waals surface area (Å²) in [6, 6.07) is 5.99. The van der Waals surface area contributed by atoms with Crippen LogP contribution >= 0.6 is 15.9 Å². The van der Waals surface area contributed by atoms with Crippen LogP contribution in [0.4, 0.5) is 5.82 Å². The molecule has 0 spiro atoms. The van der Waals surface area contributed by atoms with Gasteiger partial charge >= 0.3 is 0 Å². The lowest BCUT2D eigenvalue weighted by Gasteiger charge is -2.31. The minimum Gasteiger partial charge on any atom is -0.381 e. The van der Waals surface area contributed by atoms with Crippen molar-refractivity contribution in [2.75, 3.05) is 25.1 Å². The minimum atomic E-state index is 0.389. The molecule has 5 heteroatoms. The zero-order valence-electron chi connectivity index (χ0n) is 10.8. The summed E-state index contributed by atoms with van der Waals surface area (Å²) < 4.78 is 6.42. The summed E-state index contributed by atoms with van der Waals surface area (Å²) in [6.45, 7) is 1.96. The third-order valence-corrected chi connectivity index (χ3v) is 4.08. The van der Waals surface area contributed by atoms with Crippen molar-refractivity contribution in [2.45, 2.75) is 18.9 Å². The van der Waals surface area contributed by atoms with Crippen molar-refractivity contribution >= 4 is 32.8 Å². The summed E-state index contributed by atoms with van der Waals surface area (Å²) in [7, 11) is 1.79. The van der Waals surface area contributed by atoms with Gasteiger partial charge in [0.1, 0.15) is 5.82 Å². The molecule has 19 heavy (non-hydrogen) atoms. The van der Waals surface area contributed by atoms with Crippen molar-refractivity contribution in [1.29, 1.82) is 0 Å². The van der Waals surface area contributed by atoms with Crippen molar-refractivity contribution in [1.82, 2.24) is 9.97 Å². The normalized spacial score (nSPS) is 17.1. The summed E-state index contributed by atoms with van der Waals surface area (Å²) in [5, 5.41) is 0. The lowest BCUT2D eigenvalue weighted by atomic mass is 10.1. The number of fused-ring (bicyclic) bond motifs is 1. The SMILES string of the molecule is COC1CCN(c2cnc3cc(Br)ccc3n2)CC1. The van der Waals surface area contributed by atoms with Crippen LogP contribution in [0.1, 0.15) is 12.8 Å². The highest BCUT2D eigenvalue weighted by molar-refractivity contribution is 9.10. The number of anilines is 1. The van der Waals surface area contributed by atoms with Gasteiger partial charge in [-0.3, -0.25) is 4.98 Å². The Morgan fingerprint density at radius 2 is 2.05 bits per heavy atom. The Hall–Kier alpha value is -1.20. The molecule has 2 heterocycles. The standard InChI is InChI=1S/C14H16BrN3O/c1-19-11-4-6-18(7-5-11)14-9-16-13-8-10(15)2-3-12(13)17-14/h2-3,8-9,11H,4-7H2,1H3. The van der Waals surface area contributed by atoms with Crippen LogP contribution in [0.3, 0.4) is 0 Å². The molecule has 0 unspecified atom stereocenters. The Kier molecular flexibility index (Phi) is 3.66. The summed E-state index contributed by atoms with van der Waals surface area (Å²) in [6.07, 6.45) is 4.36. The van der Waals surface area contributed by atoms with E-state index < -0.39 is 0 Å². The van der Waals surface area contributed by atoms with E-state index in [1.807, 2.05) is 24.4 Å². The van der Waals surface area contributed by atoms with Crippen LogP contribution in [-0.2, 0) is 4.74 Å². The molecule has 0 aliphatic carbocycles. The molecule has 0 radical (unpaired) electrons. The Bertz CT molecular complexity index is 582. The van der Waals surface area contributed by atoms with Crippen molar-refractivity contribution in [3.63, 3.8) is 0 Å². The fraction of sp³-hybridized carbons (Fsp3) is 0.429. The Labute approximate surface area is 120 Å². The van der Waals surface area contributed by atoms with Gasteiger partial charge in [-0.15, -0.1) is 0 Å². The molecule has 0 saturated carbocycles. The molecule has 1 aliphatic heterocycles. The van der Waals surface area contributed by atoms with Crippen LogP contribution in [-0.4, -0.2) is 36.3 Å². The van der Waals surface area contributed by atoms with E-state index in [9.17, 15) is 0 Å². The van der Waals surface area contributed by atoms with Crippen molar-refractivity contribution in [3.05, 3.63) is 28.9 Å². The van der Waals surface area contributed by atoms with E-state index >= 15 is 0 Å². The van der Waals surface area contributed by atoms with Crippen LogP contribution in [0.15, 0.2) is 28.9 Å². The molecular weight excluding hydrogens is 306 g/mol. The fourth-order valence-electron chi connectivity index (χ4n) is 2.45. The number of benzene rings is 1. The summed E-state index contributed by atoms with van der Waals surface area (Å²) >= 11 is 3.45. The van der Waals surface area contributed by atoms with E-state index in [1.54, 1.807) is 7.11 Å². The van der Waals surface area contributed by atoms with Crippen LogP contribution in [0.25, 0.3) is 11.0 Å². The molecular formula is C14H16BrN3O. The Morgan fingerprint density at radius 1 is 1.26 bits per heavy atom. The number of hydrogen-bond acceptors (Lipinski definition) is 4. The summed E-state index contributed by atoms with van der Waals surface area (Å²) in [5.74, 6) is 0.962. The fourth-order valence-corrected chi connectivity index (χ4v) is 2.80. The van der Waals surface area contributed by atoms with E-state index in [1.165, 1.54) is 0 Å². The first-order valence-electron chi connectivity index (χ1n) is 6.46. The number of rotatable bonds is 2. The smallest absolute Gasteiger partial charge is 0.147 e. The van der Waals surface area contributed by atoms with E-state index in [0.29, 0.717) is 6.10 Å². The van der Waals surface area contributed by atoms with Gasteiger partial charge in [0.25, 0.3) is 0 Å². The second-order valence-electron chi connectivity index (χ2n) is 4.78. The highest BCUT2D eigenvalue weighted by Crippen LogP contribution is 2.22. The topological polar surface area (TPSA) is 38.2 Å². The number of hydrogen-bond donors (Lipinski definition) is 0. The van der Waals surface area contributed by atoms with E-state index in [0.717, 1.165) is 47.3 Å². The summed E-state index contributed by atoms with van der Waals surface area (Å²) in [4.78, 5) is 11.5. The molecule has 1 aromatic heterocycles. The number of aromatic nitrogens is 2. The van der Waals surface area contributed by atoms with Gasteiger partial charge in [0.15, 0.2) is 0 Å². The lowest BCUT2D eigenvalue weighted by Crippen LogP contribution is -2.37. The Morgan fingerprint density at radius 3 is 2.79 bits per heavy atom. The van der Waals surface area contributed by atoms with Gasteiger partial charge in [-0.2, -0.15) is 0 Å². The zero-order valence-corrected chi connectivity index (χ0v) is 12.4. The predicted octanol–water partition coefficient (Wildman–Crippen LogP) is 3.01. The van der Waals surface area contributed by atoms with Gasteiger partial charge in [-0.1, -0.05) is 15.9 Å². The van der Waals surface area contributed by atoms with Crippen molar-refractivity contribution < 1.29 is 4.74 Å². The second-order valence-corrected chi connectivity index (χ2v) is 5.70. The molecule has 3 rings (SSSR count). The maximum atomic E-state index is 5.39. The molecule has 1 aliphatic rings. The Balaban J connectivity index is 1.84. The molecule has 1 saturated heterocycles. The largest absolute Gasteiger partial charge is 0.381 e. The first-order chi connectivity index (χ1) is 9.26. The first kappa shape index (κ1) is 12.8. The predicted molar refractivity (Wildman–Crippen MR) is 79.5 cm³/mol. The molecule has 2 aromatic rings. The minimum absolute atomic E-state index is 0.389. The van der Waals surface area contributed by atoms with E-state index in [-0.39, 0.29) is 0 Å². The van der Waals surface area contributed by atoms with Gasteiger partial charge < -0.3 is 9.64 Å². The highest BCUT2D eigenvalue weighted by Gasteiger charge is 2.20. The maximum absolute atomic E-state index is 5.39. The molecule has 4 nitrogen and oxygen atoms in total. The monoisotopic (exact) mass is 321 g/mol. The molecule has 1 fully saturated rings. The lowest BCUT2D eigenvalue weighted by molar-refractivity contribution is 0.0818. The zero-order chi connectivity index (χ0) is 13.2. The number of piperidine rings is 1. The molecule has 0 atom stereocenters. The van der Waals surface area contributed by atoms with Crippen LogP contribution in [0.2, 0.25) is 0 Å². The average molecular weight is 322 g/mol. The van der Waals surface area contributed by atoms with E-state index in [4.69, 9.17) is 9.72 Å². The van der Waals surface area contributed by atoms with Crippen LogP contribution < -0.4 is 4.90 Å². The molecule has 0 amide bonds. The quantitative estimate of drug-likeness (QED) is 0.852. The molecule has 1 aromatic carbocycles. The van der Waals surface area contributed by atoms with Gasteiger partial charge in [-0.05, 0) is 31.0 Å². The second kappa shape index (κ2) is 5.43. The van der Waals surface area contributed by atoms with Crippen LogP contribution in [0, 0.1) is 0 Å². The van der Waals surface area contributed by atoms with Gasteiger partial charge in [-0.25, -0.2) is 4.98 Å². The van der Waals surface area contributed by atoms with Crippen molar-refractivity contribution in [2.24, 2.45) is 0 Å². The number of ether oxygens (including phenoxy) is 1. The maximum Gasteiger partial charge on any atom is 0.147 e. The van der Waals surface area contributed by atoms with Gasteiger partial charge in [0.2, 0.25) is 0 Å². The average Bonchev–Trinajstić information content (AvgIpc) is 2.47. The first-order valence-corrected chi connectivity index (χ1v) is 7.25. The number of halogens is 1. The van der Waals surface area contributed by atoms with Crippen LogP contribution in [0.5, 0.6) is 0 Å². The third-order valence-electron chi connectivity index (χ3n) is 3.59. The highest BCUT2D eigenvalue weighted by atomic mass is 79.9. The van der Waals surface area contributed by atoms with Gasteiger partial charge in [0.05, 0.1) is 23.3 Å². The number of nitrogens with zero attached hydrogens (tertiary/aromatic N) is 3. The summed E-state index contributed by atoms with van der Waals surface area (Å²) in [5.41, 5.74) is 1.86. The molecule has 0 bridgehead atoms. The van der Waals surface area contributed by atoms with Crippen molar-refractivity contribution in [3.8, 4) is 0 Å². The van der Waals surface area contributed by atoms with Gasteiger partial charge in [0, 0.05) is 24.7 Å². The van der Waals surface area contributed by atoms with E-state index in [2.05, 4.69) is 25.8 Å². The molecule has 0 N–H and O–H groups in total. The molecule has 100 valence electrons.